The molecule has 2 N–H and O–H groups in total. The molecule has 0 fully saturated rings. The Labute approximate surface area is 94.3 Å². The van der Waals surface area contributed by atoms with Crippen molar-refractivity contribution in [2.45, 2.75) is 25.8 Å². The SMILES string of the molecule is CC(C)(N)Cc1cccc(Br)c1.Cl. The smallest absolute Gasteiger partial charge is 0.0178 e. The monoisotopic (exact) mass is 263 g/mol. The molecule has 0 radical (unpaired) electrons. The highest BCUT2D eigenvalue weighted by molar-refractivity contribution is 9.10. The van der Waals surface area contributed by atoms with Gasteiger partial charge in [-0.1, -0.05) is 28.1 Å². The van der Waals surface area contributed by atoms with E-state index < -0.39 is 0 Å². The van der Waals surface area contributed by atoms with Crippen LogP contribution in [0.3, 0.4) is 0 Å². The van der Waals surface area contributed by atoms with Crippen molar-refractivity contribution in [3.8, 4) is 0 Å². The number of rotatable bonds is 2. The fourth-order valence-electron chi connectivity index (χ4n) is 1.17. The van der Waals surface area contributed by atoms with E-state index in [0.29, 0.717) is 0 Å². The lowest BCUT2D eigenvalue weighted by molar-refractivity contribution is 0.516. The van der Waals surface area contributed by atoms with Crippen LogP contribution in [0.5, 0.6) is 0 Å². The van der Waals surface area contributed by atoms with E-state index in [2.05, 4.69) is 28.1 Å². The molecule has 0 aliphatic rings. The molecule has 0 aliphatic heterocycles. The molecule has 0 spiro atoms. The van der Waals surface area contributed by atoms with Gasteiger partial charge in [-0.25, -0.2) is 0 Å². The zero-order valence-electron chi connectivity index (χ0n) is 7.88. The Kier molecular flexibility index (Phi) is 4.97. The fourth-order valence-corrected chi connectivity index (χ4v) is 1.62. The van der Waals surface area contributed by atoms with Gasteiger partial charge in [0.15, 0.2) is 0 Å². The summed E-state index contributed by atoms with van der Waals surface area (Å²) in [4.78, 5) is 0. The molecular formula is C10H15BrClN. The average molecular weight is 265 g/mol. The predicted octanol–water partition coefficient (Wildman–Crippen LogP) is 3.15. The zero-order chi connectivity index (χ0) is 9.19. The molecular weight excluding hydrogens is 249 g/mol. The number of hydrogen-bond acceptors (Lipinski definition) is 1. The van der Waals surface area contributed by atoms with E-state index >= 15 is 0 Å². The van der Waals surface area contributed by atoms with Gasteiger partial charge in [-0.05, 0) is 38.0 Å². The number of benzene rings is 1. The van der Waals surface area contributed by atoms with Crippen LogP contribution in [0.1, 0.15) is 19.4 Å². The van der Waals surface area contributed by atoms with Crippen LogP contribution in [0.25, 0.3) is 0 Å². The summed E-state index contributed by atoms with van der Waals surface area (Å²) in [6.07, 6.45) is 0.909. The molecule has 0 saturated heterocycles. The Balaban J connectivity index is 0.00000144. The lowest BCUT2D eigenvalue weighted by atomic mass is 9.96. The lowest BCUT2D eigenvalue weighted by Gasteiger charge is -2.18. The van der Waals surface area contributed by atoms with Crippen molar-refractivity contribution in [3.63, 3.8) is 0 Å². The summed E-state index contributed by atoms with van der Waals surface area (Å²) in [6, 6.07) is 8.26. The van der Waals surface area contributed by atoms with Gasteiger partial charge in [0, 0.05) is 10.0 Å². The van der Waals surface area contributed by atoms with Crippen LogP contribution in [0.4, 0.5) is 0 Å². The maximum atomic E-state index is 5.90. The molecule has 0 unspecified atom stereocenters. The highest BCUT2D eigenvalue weighted by Crippen LogP contribution is 2.15. The van der Waals surface area contributed by atoms with E-state index in [1.807, 2.05) is 26.0 Å². The summed E-state index contributed by atoms with van der Waals surface area (Å²) in [5.74, 6) is 0. The summed E-state index contributed by atoms with van der Waals surface area (Å²) >= 11 is 3.43. The molecule has 13 heavy (non-hydrogen) atoms. The Morgan fingerprint density at radius 2 is 2.00 bits per heavy atom. The third kappa shape index (κ3) is 5.29. The van der Waals surface area contributed by atoms with Crippen molar-refractivity contribution < 1.29 is 0 Å². The maximum Gasteiger partial charge on any atom is 0.0178 e. The van der Waals surface area contributed by atoms with Gasteiger partial charge in [0.1, 0.15) is 0 Å². The van der Waals surface area contributed by atoms with Crippen molar-refractivity contribution >= 4 is 28.3 Å². The summed E-state index contributed by atoms with van der Waals surface area (Å²) in [6.45, 7) is 4.07. The molecule has 0 heterocycles. The van der Waals surface area contributed by atoms with Gasteiger partial charge < -0.3 is 5.73 Å². The Morgan fingerprint density at radius 3 is 2.46 bits per heavy atom. The molecule has 0 saturated carbocycles. The van der Waals surface area contributed by atoms with E-state index in [1.165, 1.54) is 5.56 Å². The minimum Gasteiger partial charge on any atom is -0.325 e. The van der Waals surface area contributed by atoms with Gasteiger partial charge in [-0.15, -0.1) is 12.4 Å². The number of hydrogen-bond donors (Lipinski definition) is 1. The minimum absolute atomic E-state index is 0. The minimum atomic E-state index is -0.124. The van der Waals surface area contributed by atoms with E-state index in [4.69, 9.17) is 5.73 Å². The van der Waals surface area contributed by atoms with Crippen LogP contribution < -0.4 is 5.73 Å². The van der Waals surface area contributed by atoms with Gasteiger partial charge in [0.05, 0.1) is 0 Å². The quantitative estimate of drug-likeness (QED) is 0.872. The molecule has 1 aromatic rings. The van der Waals surface area contributed by atoms with Crippen molar-refractivity contribution in [2.24, 2.45) is 5.73 Å². The standard InChI is InChI=1S/C10H14BrN.ClH/c1-10(2,12)7-8-4-3-5-9(11)6-8;/h3-6H,7,12H2,1-2H3;1H. The molecule has 0 amide bonds. The highest BCUT2D eigenvalue weighted by atomic mass is 79.9. The first kappa shape index (κ1) is 12.9. The number of nitrogens with two attached hydrogens (primary N) is 1. The predicted molar refractivity (Wildman–Crippen MR) is 63.4 cm³/mol. The summed E-state index contributed by atoms with van der Waals surface area (Å²) in [5.41, 5.74) is 7.05. The summed E-state index contributed by atoms with van der Waals surface area (Å²) < 4.78 is 1.12. The Hall–Kier alpha value is -0.0500. The normalized spacial score (nSPS) is 10.8. The molecule has 1 rings (SSSR count). The molecule has 1 aromatic carbocycles. The Bertz CT molecular complexity index is 268. The van der Waals surface area contributed by atoms with E-state index in [9.17, 15) is 0 Å². The van der Waals surface area contributed by atoms with Crippen LogP contribution in [0.15, 0.2) is 28.7 Å². The molecule has 74 valence electrons. The second-order valence-electron chi connectivity index (χ2n) is 3.80. The van der Waals surface area contributed by atoms with Crippen molar-refractivity contribution in [1.82, 2.24) is 0 Å². The van der Waals surface area contributed by atoms with Crippen molar-refractivity contribution in [2.75, 3.05) is 0 Å². The summed E-state index contributed by atoms with van der Waals surface area (Å²) in [7, 11) is 0. The Morgan fingerprint density at radius 1 is 1.38 bits per heavy atom. The molecule has 3 heteroatoms. The molecule has 0 aromatic heterocycles. The van der Waals surface area contributed by atoms with Crippen LogP contribution in [0, 0.1) is 0 Å². The second-order valence-corrected chi connectivity index (χ2v) is 4.71. The first-order valence-electron chi connectivity index (χ1n) is 4.01. The maximum absolute atomic E-state index is 5.90. The van der Waals surface area contributed by atoms with Gasteiger partial charge in [-0.2, -0.15) is 0 Å². The molecule has 0 atom stereocenters. The molecule has 0 bridgehead atoms. The number of halogens is 2. The zero-order valence-corrected chi connectivity index (χ0v) is 10.3. The van der Waals surface area contributed by atoms with E-state index in [0.717, 1.165) is 10.9 Å². The van der Waals surface area contributed by atoms with Crippen LogP contribution >= 0.6 is 28.3 Å². The third-order valence-corrected chi connectivity index (χ3v) is 2.04. The largest absolute Gasteiger partial charge is 0.325 e. The fraction of sp³-hybridized carbons (Fsp3) is 0.400. The first-order chi connectivity index (χ1) is 5.47. The molecule has 0 aliphatic carbocycles. The van der Waals surface area contributed by atoms with Crippen LogP contribution in [-0.2, 0) is 6.42 Å². The average Bonchev–Trinajstić information content (AvgIpc) is 1.82. The van der Waals surface area contributed by atoms with Crippen LogP contribution in [0.2, 0.25) is 0 Å². The van der Waals surface area contributed by atoms with Gasteiger partial charge >= 0.3 is 0 Å². The first-order valence-corrected chi connectivity index (χ1v) is 4.80. The lowest BCUT2D eigenvalue weighted by Crippen LogP contribution is -2.34. The highest BCUT2D eigenvalue weighted by Gasteiger charge is 2.10. The van der Waals surface area contributed by atoms with E-state index in [-0.39, 0.29) is 17.9 Å². The van der Waals surface area contributed by atoms with Crippen molar-refractivity contribution in [1.29, 1.82) is 0 Å². The van der Waals surface area contributed by atoms with Gasteiger partial charge in [-0.3, -0.25) is 0 Å². The molecule has 1 nitrogen and oxygen atoms in total. The second kappa shape index (κ2) is 4.99. The van der Waals surface area contributed by atoms with Crippen LogP contribution in [-0.4, -0.2) is 5.54 Å². The van der Waals surface area contributed by atoms with E-state index in [1.54, 1.807) is 0 Å². The third-order valence-electron chi connectivity index (χ3n) is 1.55. The van der Waals surface area contributed by atoms with Gasteiger partial charge in [0.25, 0.3) is 0 Å². The topological polar surface area (TPSA) is 26.0 Å². The van der Waals surface area contributed by atoms with Gasteiger partial charge in [0.2, 0.25) is 0 Å². The van der Waals surface area contributed by atoms with Crippen molar-refractivity contribution in [3.05, 3.63) is 34.3 Å². The summed E-state index contributed by atoms with van der Waals surface area (Å²) in [5, 5.41) is 0.